The van der Waals surface area contributed by atoms with Crippen molar-refractivity contribution in [3.8, 4) is 5.75 Å². The molecule has 1 aliphatic heterocycles. The number of fused-ring (bicyclic) bond motifs is 1. The van der Waals surface area contributed by atoms with Crippen LogP contribution in [-0.2, 0) is 4.79 Å². The zero-order valence-electron chi connectivity index (χ0n) is 13.7. The molecular formula is C19H24ClNO3. The number of nitrogens with zero attached hydrogens (tertiary/aromatic N) is 1. The van der Waals surface area contributed by atoms with Crippen molar-refractivity contribution < 1.29 is 14.6 Å². The maximum atomic E-state index is 11.3. The Kier molecular flexibility index (Phi) is 6.88. The monoisotopic (exact) mass is 349 g/mol. The summed E-state index contributed by atoms with van der Waals surface area (Å²) in [5, 5.41) is 11.6. The number of carboxylic acid groups (broad SMARTS) is 1. The van der Waals surface area contributed by atoms with Crippen LogP contribution in [-0.4, -0.2) is 41.7 Å². The lowest BCUT2D eigenvalue weighted by atomic mass is 10.0. The maximum Gasteiger partial charge on any atom is 0.320 e. The van der Waals surface area contributed by atoms with Gasteiger partial charge in [0.05, 0.1) is 6.61 Å². The van der Waals surface area contributed by atoms with Crippen LogP contribution in [0.5, 0.6) is 5.75 Å². The van der Waals surface area contributed by atoms with Gasteiger partial charge in [-0.1, -0.05) is 42.8 Å². The van der Waals surface area contributed by atoms with Gasteiger partial charge in [0.1, 0.15) is 11.8 Å². The summed E-state index contributed by atoms with van der Waals surface area (Å²) < 4.78 is 5.93. The number of hydrogen-bond acceptors (Lipinski definition) is 3. The fraction of sp³-hybridized carbons (Fsp3) is 0.421. The largest absolute Gasteiger partial charge is 0.493 e. The standard InChI is InChI=1S/C19H23NO3.ClH/c21-19(22)17-10-3-4-12-20(17)13-6-14-23-18-11-5-8-15-7-1-2-9-16(15)18;/h1-2,5,7-9,11,17H,3-4,6,10,12-14H2,(H,21,22);1H. The van der Waals surface area contributed by atoms with Gasteiger partial charge in [0.15, 0.2) is 0 Å². The zero-order chi connectivity index (χ0) is 16.1. The van der Waals surface area contributed by atoms with Crippen molar-refractivity contribution >= 4 is 29.1 Å². The van der Waals surface area contributed by atoms with E-state index in [9.17, 15) is 9.90 Å². The summed E-state index contributed by atoms with van der Waals surface area (Å²) in [6, 6.07) is 13.9. The molecule has 1 fully saturated rings. The molecule has 130 valence electrons. The van der Waals surface area contributed by atoms with Gasteiger partial charge in [-0.3, -0.25) is 9.69 Å². The fourth-order valence-electron chi connectivity index (χ4n) is 3.31. The Bertz CT molecular complexity index is 671. The van der Waals surface area contributed by atoms with Crippen molar-refractivity contribution in [1.82, 2.24) is 4.90 Å². The fourth-order valence-corrected chi connectivity index (χ4v) is 3.31. The van der Waals surface area contributed by atoms with Gasteiger partial charge in [0, 0.05) is 11.9 Å². The van der Waals surface area contributed by atoms with Gasteiger partial charge in [-0.2, -0.15) is 0 Å². The first-order chi connectivity index (χ1) is 11.3. The second-order valence-corrected chi connectivity index (χ2v) is 6.07. The average Bonchev–Trinajstić information content (AvgIpc) is 2.59. The van der Waals surface area contributed by atoms with Gasteiger partial charge in [-0.25, -0.2) is 0 Å². The highest BCUT2D eigenvalue weighted by Gasteiger charge is 2.27. The number of ether oxygens (including phenoxy) is 1. The van der Waals surface area contributed by atoms with Crippen LogP contribution >= 0.6 is 12.4 Å². The smallest absolute Gasteiger partial charge is 0.320 e. The van der Waals surface area contributed by atoms with Crippen molar-refractivity contribution in [3.05, 3.63) is 42.5 Å². The summed E-state index contributed by atoms with van der Waals surface area (Å²) in [6.07, 6.45) is 3.71. The van der Waals surface area contributed by atoms with Crippen LogP contribution in [0.1, 0.15) is 25.7 Å². The van der Waals surface area contributed by atoms with E-state index in [-0.39, 0.29) is 18.4 Å². The summed E-state index contributed by atoms with van der Waals surface area (Å²) in [5.41, 5.74) is 0. The maximum absolute atomic E-state index is 11.3. The number of halogens is 1. The molecule has 0 bridgehead atoms. The van der Waals surface area contributed by atoms with E-state index in [0.717, 1.165) is 49.9 Å². The Morgan fingerprint density at radius 1 is 1.17 bits per heavy atom. The van der Waals surface area contributed by atoms with E-state index in [2.05, 4.69) is 23.1 Å². The number of piperidine rings is 1. The zero-order valence-corrected chi connectivity index (χ0v) is 14.5. The van der Waals surface area contributed by atoms with Crippen LogP contribution in [0.25, 0.3) is 10.8 Å². The highest BCUT2D eigenvalue weighted by molar-refractivity contribution is 5.88. The molecule has 0 spiro atoms. The van der Waals surface area contributed by atoms with E-state index in [4.69, 9.17) is 4.74 Å². The minimum atomic E-state index is -0.695. The normalized spacial score (nSPS) is 18.1. The number of hydrogen-bond donors (Lipinski definition) is 1. The van der Waals surface area contributed by atoms with Gasteiger partial charge >= 0.3 is 5.97 Å². The molecule has 0 radical (unpaired) electrons. The number of carboxylic acids is 1. The van der Waals surface area contributed by atoms with Crippen molar-refractivity contribution in [1.29, 1.82) is 0 Å². The van der Waals surface area contributed by atoms with Crippen LogP contribution in [0, 0.1) is 0 Å². The first-order valence-corrected chi connectivity index (χ1v) is 8.33. The Balaban J connectivity index is 0.00000208. The van der Waals surface area contributed by atoms with Crippen molar-refractivity contribution in [2.75, 3.05) is 19.7 Å². The van der Waals surface area contributed by atoms with Crippen molar-refractivity contribution in [3.63, 3.8) is 0 Å². The van der Waals surface area contributed by atoms with Gasteiger partial charge in [0.25, 0.3) is 0 Å². The Morgan fingerprint density at radius 3 is 2.79 bits per heavy atom. The molecule has 1 N–H and O–H groups in total. The quantitative estimate of drug-likeness (QED) is 0.802. The lowest BCUT2D eigenvalue weighted by molar-refractivity contribution is -0.144. The van der Waals surface area contributed by atoms with Gasteiger partial charge < -0.3 is 9.84 Å². The van der Waals surface area contributed by atoms with Gasteiger partial charge in [-0.15, -0.1) is 12.4 Å². The van der Waals surface area contributed by atoms with E-state index in [1.807, 2.05) is 24.3 Å². The molecule has 3 rings (SSSR count). The molecule has 2 aromatic rings. The molecule has 1 atom stereocenters. The topological polar surface area (TPSA) is 49.8 Å². The molecule has 0 aliphatic carbocycles. The molecule has 2 aromatic carbocycles. The number of rotatable bonds is 6. The van der Waals surface area contributed by atoms with Gasteiger partial charge in [-0.05, 0) is 37.3 Å². The van der Waals surface area contributed by atoms with Crippen molar-refractivity contribution in [2.24, 2.45) is 0 Å². The number of benzene rings is 2. The van der Waals surface area contributed by atoms with Crippen LogP contribution in [0.15, 0.2) is 42.5 Å². The lowest BCUT2D eigenvalue weighted by Crippen LogP contribution is -2.45. The molecule has 1 heterocycles. The Hall–Kier alpha value is -1.78. The van der Waals surface area contributed by atoms with Crippen LogP contribution in [0.3, 0.4) is 0 Å². The third kappa shape index (κ3) is 4.40. The van der Waals surface area contributed by atoms with E-state index in [1.165, 1.54) is 5.39 Å². The van der Waals surface area contributed by atoms with E-state index in [1.54, 1.807) is 0 Å². The molecule has 1 saturated heterocycles. The SMILES string of the molecule is Cl.O=C(O)C1CCCCN1CCCOc1cccc2ccccc12. The molecule has 0 aromatic heterocycles. The lowest BCUT2D eigenvalue weighted by Gasteiger charge is -2.32. The number of carbonyl (C=O) groups is 1. The summed E-state index contributed by atoms with van der Waals surface area (Å²) in [4.78, 5) is 13.4. The predicted molar refractivity (Wildman–Crippen MR) is 98.2 cm³/mol. The summed E-state index contributed by atoms with van der Waals surface area (Å²) in [5.74, 6) is 0.205. The predicted octanol–water partition coefficient (Wildman–Crippen LogP) is 3.97. The molecule has 0 amide bonds. The van der Waals surface area contributed by atoms with Gasteiger partial charge in [0.2, 0.25) is 0 Å². The van der Waals surface area contributed by atoms with Crippen LogP contribution in [0.2, 0.25) is 0 Å². The van der Waals surface area contributed by atoms with Crippen LogP contribution < -0.4 is 4.74 Å². The molecule has 4 nitrogen and oxygen atoms in total. The van der Waals surface area contributed by atoms with E-state index in [0.29, 0.717) is 6.61 Å². The first kappa shape index (κ1) is 18.6. The minimum absolute atomic E-state index is 0. The second kappa shape index (κ2) is 8.90. The summed E-state index contributed by atoms with van der Waals surface area (Å²) >= 11 is 0. The molecule has 24 heavy (non-hydrogen) atoms. The average molecular weight is 350 g/mol. The third-order valence-electron chi connectivity index (χ3n) is 4.50. The first-order valence-electron chi connectivity index (χ1n) is 8.33. The highest BCUT2D eigenvalue weighted by Crippen LogP contribution is 2.25. The third-order valence-corrected chi connectivity index (χ3v) is 4.50. The molecule has 1 unspecified atom stereocenters. The highest BCUT2D eigenvalue weighted by atomic mass is 35.5. The van der Waals surface area contributed by atoms with E-state index < -0.39 is 5.97 Å². The molecular weight excluding hydrogens is 326 g/mol. The summed E-state index contributed by atoms with van der Waals surface area (Å²) in [7, 11) is 0. The van der Waals surface area contributed by atoms with E-state index >= 15 is 0 Å². The Labute approximate surface area is 148 Å². The molecule has 5 heteroatoms. The molecule has 0 saturated carbocycles. The van der Waals surface area contributed by atoms with Crippen LogP contribution in [0.4, 0.5) is 0 Å². The minimum Gasteiger partial charge on any atom is -0.493 e. The number of likely N-dealkylation sites (tertiary alicyclic amines) is 1. The summed E-state index contributed by atoms with van der Waals surface area (Å²) in [6.45, 7) is 2.27. The molecule has 1 aliphatic rings. The number of aliphatic carboxylic acids is 1. The Morgan fingerprint density at radius 2 is 1.96 bits per heavy atom. The van der Waals surface area contributed by atoms with Crippen molar-refractivity contribution in [2.45, 2.75) is 31.7 Å². The second-order valence-electron chi connectivity index (χ2n) is 6.07.